The third kappa shape index (κ3) is 2.86. The van der Waals surface area contributed by atoms with Crippen LogP contribution in [0.5, 0.6) is 0 Å². The van der Waals surface area contributed by atoms with Gasteiger partial charge >= 0.3 is 0 Å². The summed E-state index contributed by atoms with van der Waals surface area (Å²) in [5.74, 6) is -1.12. The minimum absolute atomic E-state index is 0.0777. The van der Waals surface area contributed by atoms with Crippen molar-refractivity contribution in [1.82, 2.24) is 15.6 Å². The molecular formula is C11H11N5O3. The zero-order valence-electron chi connectivity index (χ0n) is 9.79. The first-order valence-corrected chi connectivity index (χ1v) is 5.33. The molecule has 2 rings (SSSR count). The second-order valence-corrected chi connectivity index (χ2v) is 3.75. The summed E-state index contributed by atoms with van der Waals surface area (Å²) >= 11 is 0. The summed E-state index contributed by atoms with van der Waals surface area (Å²) in [6.07, 6.45) is 0. The zero-order chi connectivity index (χ0) is 13.8. The van der Waals surface area contributed by atoms with Crippen molar-refractivity contribution in [2.75, 3.05) is 5.73 Å². The summed E-state index contributed by atoms with van der Waals surface area (Å²) in [4.78, 5) is 22.7. The summed E-state index contributed by atoms with van der Waals surface area (Å²) in [6, 6.07) is 6.60. The number of nitrogens with zero attached hydrogens (tertiary/aromatic N) is 2. The Bertz CT molecular complexity index is 622. The fourth-order valence-corrected chi connectivity index (χ4v) is 1.45. The van der Waals surface area contributed by atoms with Crippen LogP contribution in [0.2, 0.25) is 0 Å². The maximum Gasteiger partial charge on any atom is 0.277 e. The fourth-order valence-electron chi connectivity index (χ4n) is 1.45. The number of nitrogen functional groups attached to an aromatic ring is 1. The molecule has 98 valence electrons. The van der Waals surface area contributed by atoms with Crippen LogP contribution in [0.25, 0.3) is 0 Å². The molecule has 2 aromatic rings. The molecule has 2 amide bonds. The molecule has 5 N–H and O–H groups in total. The molecular weight excluding hydrogens is 250 g/mol. The Hall–Kier alpha value is -2.90. The van der Waals surface area contributed by atoms with Crippen LogP contribution in [-0.2, 0) is 6.54 Å². The van der Waals surface area contributed by atoms with Gasteiger partial charge in [-0.1, -0.05) is 12.1 Å². The predicted molar refractivity (Wildman–Crippen MR) is 64.8 cm³/mol. The average molecular weight is 261 g/mol. The highest BCUT2D eigenvalue weighted by Crippen LogP contribution is 2.06. The zero-order valence-corrected chi connectivity index (χ0v) is 9.79. The normalized spacial score (nSPS) is 10.1. The number of carbonyl (C=O) groups excluding carboxylic acids is 2. The minimum atomic E-state index is -0.530. The van der Waals surface area contributed by atoms with Gasteiger partial charge < -0.3 is 16.8 Å². The van der Waals surface area contributed by atoms with Gasteiger partial charge in [0.2, 0.25) is 17.4 Å². The number of benzene rings is 1. The van der Waals surface area contributed by atoms with Crippen molar-refractivity contribution in [3.63, 3.8) is 0 Å². The van der Waals surface area contributed by atoms with E-state index in [4.69, 9.17) is 11.5 Å². The lowest BCUT2D eigenvalue weighted by Crippen LogP contribution is -2.24. The monoisotopic (exact) mass is 261 g/mol. The Morgan fingerprint density at radius 2 is 2.11 bits per heavy atom. The van der Waals surface area contributed by atoms with E-state index < -0.39 is 11.8 Å². The fraction of sp³-hybridized carbons (Fsp3) is 0.0909. The van der Waals surface area contributed by atoms with Gasteiger partial charge in [0.15, 0.2) is 0 Å². The average Bonchev–Trinajstić information content (AvgIpc) is 2.82. The first-order chi connectivity index (χ1) is 9.08. The molecule has 8 nitrogen and oxygen atoms in total. The summed E-state index contributed by atoms with van der Waals surface area (Å²) in [6.45, 7) is 0.201. The summed E-state index contributed by atoms with van der Waals surface area (Å²) < 4.78 is 4.32. The van der Waals surface area contributed by atoms with E-state index >= 15 is 0 Å². The molecule has 0 radical (unpaired) electrons. The lowest BCUT2D eigenvalue weighted by Gasteiger charge is -2.04. The van der Waals surface area contributed by atoms with E-state index in [2.05, 4.69) is 20.3 Å². The van der Waals surface area contributed by atoms with Crippen LogP contribution in [-0.4, -0.2) is 22.1 Å². The van der Waals surface area contributed by atoms with E-state index in [1.165, 1.54) is 0 Å². The van der Waals surface area contributed by atoms with Crippen molar-refractivity contribution in [2.45, 2.75) is 6.54 Å². The quantitative estimate of drug-likeness (QED) is 0.689. The van der Waals surface area contributed by atoms with E-state index in [1.54, 1.807) is 24.3 Å². The number of hydrogen-bond donors (Lipinski definition) is 3. The van der Waals surface area contributed by atoms with Crippen molar-refractivity contribution in [2.24, 2.45) is 5.73 Å². The molecule has 0 saturated carbocycles. The minimum Gasteiger partial charge on any atom is -0.379 e. The van der Waals surface area contributed by atoms with Crippen LogP contribution in [0.1, 0.15) is 26.4 Å². The molecule has 1 aromatic carbocycles. The number of aromatic nitrogens is 2. The van der Waals surface area contributed by atoms with Gasteiger partial charge in [-0.15, -0.1) is 0 Å². The highest BCUT2D eigenvalue weighted by Gasteiger charge is 2.15. The molecule has 19 heavy (non-hydrogen) atoms. The topological polar surface area (TPSA) is 137 Å². The van der Waals surface area contributed by atoms with Crippen molar-refractivity contribution in [3.8, 4) is 0 Å². The maximum atomic E-state index is 11.7. The maximum absolute atomic E-state index is 11.7. The van der Waals surface area contributed by atoms with E-state index in [0.717, 1.165) is 5.56 Å². The van der Waals surface area contributed by atoms with Crippen LogP contribution in [0.4, 0.5) is 5.82 Å². The number of anilines is 1. The Morgan fingerprint density at radius 1 is 1.32 bits per heavy atom. The van der Waals surface area contributed by atoms with Crippen molar-refractivity contribution >= 4 is 17.6 Å². The van der Waals surface area contributed by atoms with Gasteiger partial charge in [0, 0.05) is 12.1 Å². The highest BCUT2D eigenvalue weighted by atomic mass is 16.6. The smallest absolute Gasteiger partial charge is 0.277 e. The van der Waals surface area contributed by atoms with Crippen molar-refractivity contribution in [1.29, 1.82) is 0 Å². The Kier molecular flexibility index (Phi) is 3.42. The molecule has 0 unspecified atom stereocenters. The predicted octanol–water partition coefficient (Wildman–Crippen LogP) is -0.319. The van der Waals surface area contributed by atoms with Crippen molar-refractivity contribution in [3.05, 3.63) is 41.1 Å². The van der Waals surface area contributed by atoms with E-state index in [0.29, 0.717) is 5.56 Å². The standard InChI is InChI=1S/C11H11N5O3/c12-9-8(15-19-16-9)11(18)14-5-6-2-1-3-7(4-6)10(13)17/h1-4H,5H2,(H2,12,16)(H2,13,17)(H,14,18). The number of hydrogen-bond acceptors (Lipinski definition) is 6. The summed E-state index contributed by atoms with van der Waals surface area (Å²) in [5.41, 5.74) is 11.6. The summed E-state index contributed by atoms with van der Waals surface area (Å²) in [7, 11) is 0. The number of rotatable bonds is 4. The van der Waals surface area contributed by atoms with E-state index in [9.17, 15) is 9.59 Å². The number of nitrogens with one attached hydrogen (secondary N) is 1. The molecule has 0 saturated heterocycles. The first kappa shape index (κ1) is 12.6. The molecule has 0 atom stereocenters. The van der Waals surface area contributed by atoms with Crippen molar-refractivity contribution < 1.29 is 14.2 Å². The third-order valence-corrected chi connectivity index (χ3v) is 2.39. The highest BCUT2D eigenvalue weighted by molar-refractivity contribution is 5.96. The van der Waals surface area contributed by atoms with Gasteiger partial charge in [-0.2, -0.15) is 0 Å². The van der Waals surface area contributed by atoms with Gasteiger partial charge in [0.1, 0.15) is 0 Å². The number of amides is 2. The molecule has 0 aliphatic heterocycles. The Morgan fingerprint density at radius 3 is 2.74 bits per heavy atom. The van der Waals surface area contributed by atoms with E-state index in [1.807, 2.05) is 0 Å². The number of nitrogens with two attached hydrogens (primary N) is 2. The van der Waals surface area contributed by atoms with Crippen LogP contribution in [0.3, 0.4) is 0 Å². The third-order valence-electron chi connectivity index (χ3n) is 2.39. The number of primary amides is 1. The van der Waals surface area contributed by atoms with Gasteiger partial charge in [0.05, 0.1) is 0 Å². The molecule has 8 heteroatoms. The molecule has 0 bridgehead atoms. The lowest BCUT2D eigenvalue weighted by molar-refractivity contribution is 0.0941. The largest absolute Gasteiger partial charge is 0.379 e. The Labute approximate surface area is 107 Å². The van der Waals surface area contributed by atoms with Crippen LogP contribution < -0.4 is 16.8 Å². The molecule has 1 heterocycles. The second kappa shape index (κ2) is 5.17. The van der Waals surface area contributed by atoms with Gasteiger partial charge in [0.25, 0.3) is 5.91 Å². The second-order valence-electron chi connectivity index (χ2n) is 3.75. The van der Waals surface area contributed by atoms with Crippen LogP contribution in [0.15, 0.2) is 28.9 Å². The molecule has 0 spiro atoms. The molecule has 0 aliphatic carbocycles. The van der Waals surface area contributed by atoms with E-state index in [-0.39, 0.29) is 18.1 Å². The SMILES string of the molecule is NC(=O)c1cccc(CNC(=O)c2nonc2N)c1. The summed E-state index contributed by atoms with van der Waals surface area (Å²) in [5, 5.41) is 9.25. The van der Waals surface area contributed by atoms with Crippen LogP contribution >= 0.6 is 0 Å². The Balaban J connectivity index is 2.03. The van der Waals surface area contributed by atoms with Crippen LogP contribution in [0, 0.1) is 0 Å². The van der Waals surface area contributed by atoms with Gasteiger partial charge in [-0.05, 0) is 28.0 Å². The number of carbonyl (C=O) groups is 2. The van der Waals surface area contributed by atoms with Gasteiger partial charge in [-0.25, -0.2) is 4.63 Å². The first-order valence-electron chi connectivity index (χ1n) is 5.33. The lowest BCUT2D eigenvalue weighted by atomic mass is 10.1. The molecule has 0 aliphatic rings. The molecule has 0 fully saturated rings. The molecule has 1 aromatic heterocycles. The van der Waals surface area contributed by atoms with Gasteiger partial charge in [-0.3, -0.25) is 9.59 Å².